The molecule has 4 heteroatoms. The Kier molecular flexibility index (Phi) is 5.09. The Hall–Kier alpha value is -1.36. The van der Waals surface area contributed by atoms with E-state index in [1.54, 1.807) is 5.56 Å². The van der Waals surface area contributed by atoms with Crippen molar-refractivity contribution in [1.29, 1.82) is 0 Å². The molecule has 0 spiro atoms. The fraction of sp³-hybridized carbons (Fsp3) is 0.636. The summed E-state index contributed by atoms with van der Waals surface area (Å²) in [5, 5.41) is 12.1. The lowest BCUT2D eigenvalue weighted by molar-refractivity contribution is 0.0439. The number of rotatable bonds is 6. The predicted molar refractivity (Wildman–Crippen MR) is 108 cm³/mol. The highest BCUT2D eigenvalue weighted by Crippen LogP contribution is 2.42. The fourth-order valence-electron chi connectivity index (χ4n) is 5.12. The van der Waals surface area contributed by atoms with Crippen molar-refractivity contribution in [3.05, 3.63) is 35.0 Å². The number of fused-ring (bicyclic) bond motifs is 3. The average Bonchev–Trinajstić information content (AvgIpc) is 2.96. The van der Waals surface area contributed by atoms with Crippen LogP contribution in [0.4, 0.5) is 0 Å². The van der Waals surface area contributed by atoms with Gasteiger partial charge in [0, 0.05) is 42.8 Å². The largest absolute Gasteiger partial charge is 0.390 e. The van der Waals surface area contributed by atoms with Crippen molar-refractivity contribution in [2.24, 2.45) is 0 Å². The van der Waals surface area contributed by atoms with E-state index < -0.39 is 0 Å². The van der Waals surface area contributed by atoms with E-state index in [0.29, 0.717) is 6.04 Å². The van der Waals surface area contributed by atoms with Crippen molar-refractivity contribution in [2.45, 2.75) is 58.7 Å². The van der Waals surface area contributed by atoms with Crippen LogP contribution in [0, 0.1) is 6.92 Å². The first-order valence-electron chi connectivity index (χ1n) is 10.4. The molecule has 4 nitrogen and oxygen atoms in total. The molecule has 0 saturated heterocycles. The molecule has 142 valence electrons. The van der Waals surface area contributed by atoms with Gasteiger partial charge in [0.25, 0.3) is 0 Å². The Labute approximate surface area is 157 Å². The maximum atomic E-state index is 10.7. The zero-order valence-electron chi connectivity index (χ0n) is 16.5. The van der Waals surface area contributed by atoms with E-state index in [-0.39, 0.29) is 6.10 Å². The van der Waals surface area contributed by atoms with E-state index in [1.807, 2.05) is 0 Å². The Morgan fingerprint density at radius 2 is 2.04 bits per heavy atom. The van der Waals surface area contributed by atoms with Crippen molar-refractivity contribution in [3.63, 3.8) is 0 Å². The Morgan fingerprint density at radius 1 is 1.23 bits per heavy atom. The summed E-state index contributed by atoms with van der Waals surface area (Å²) in [6.45, 7) is 12.2. The molecule has 4 rings (SSSR count). The quantitative estimate of drug-likeness (QED) is 0.862. The van der Waals surface area contributed by atoms with Gasteiger partial charge in [0.2, 0.25) is 0 Å². The van der Waals surface area contributed by atoms with Crippen LogP contribution in [-0.2, 0) is 13.0 Å². The van der Waals surface area contributed by atoms with Crippen LogP contribution in [-0.4, -0.2) is 58.3 Å². The van der Waals surface area contributed by atoms with E-state index in [2.05, 4.69) is 53.3 Å². The van der Waals surface area contributed by atoms with Crippen molar-refractivity contribution < 1.29 is 5.11 Å². The van der Waals surface area contributed by atoms with Gasteiger partial charge >= 0.3 is 0 Å². The lowest BCUT2D eigenvalue weighted by Gasteiger charge is -2.41. The second kappa shape index (κ2) is 7.34. The van der Waals surface area contributed by atoms with Gasteiger partial charge in [0.15, 0.2) is 0 Å². The number of aliphatic hydroxyl groups is 1. The smallest absolute Gasteiger partial charge is 0.0794 e. The minimum atomic E-state index is -0.265. The number of hydrogen-bond acceptors (Lipinski definition) is 3. The van der Waals surface area contributed by atoms with E-state index >= 15 is 0 Å². The lowest BCUT2D eigenvalue weighted by atomic mass is 9.89. The predicted octanol–water partition coefficient (Wildman–Crippen LogP) is 3.35. The molecular weight excluding hydrogens is 322 g/mol. The summed E-state index contributed by atoms with van der Waals surface area (Å²) in [6, 6.07) is 7.40. The van der Waals surface area contributed by atoms with Crippen LogP contribution in [0.2, 0.25) is 0 Å². The van der Waals surface area contributed by atoms with Crippen molar-refractivity contribution in [2.75, 3.05) is 32.7 Å². The molecule has 0 radical (unpaired) electrons. The van der Waals surface area contributed by atoms with Crippen LogP contribution in [0.1, 0.15) is 49.6 Å². The van der Waals surface area contributed by atoms with Gasteiger partial charge in [-0.25, -0.2) is 0 Å². The number of aromatic nitrogens is 1. The molecule has 1 aliphatic carbocycles. The Bertz CT molecular complexity index is 777. The van der Waals surface area contributed by atoms with Crippen LogP contribution in [0.3, 0.4) is 0 Å². The van der Waals surface area contributed by atoms with Gasteiger partial charge in [-0.2, -0.15) is 0 Å². The summed E-state index contributed by atoms with van der Waals surface area (Å²) >= 11 is 0. The molecule has 0 fully saturated rings. The van der Waals surface area contributed by atoms with Gasteiger partial charge < -0.3 is 14.6 Å². The highest BCUT2D eigenvalue weighted by Gasteiger charge is 2.35. The summed E-state index contributed by atoms with van der Waals surface area (Å²) in [7, 11) is 0. The zero-order valence-corrected chi connectivity index (χ0v) is 16.5. The van der Waals surface area contributed by atoms with E-state index in [1.165, 1.54) is 41.4 Å². The van der Waals surface area contributed by atoms with Crippen LogP contribution >= 0.6 is 0 Å². The Balaban J connectivity index is 1.61. The number of aliphatic hydroxyl groups excluding tert-OH is 1. The average molecular weight is 356 g/mol. The number of aryl methyl sites for hydroxylation is 2. The van der Waals surface area contributed by atoms with Crippen LogP contribution in [0.25, 0.3) is 10.9 Å². The van der Waals surface area contributed by atoms with E-state index in [4.69, 9.17) is 0 Å². The van der Waals surface area contributed by atoms with Crippen molar-refractivity contribution >= 4 is 10.9 Å². The molecule has 2 heterocycles. The molecule has 0 saturated carbocycles. The number of benzene rings is 1. The molecule has 0 bridgehead atoms. The molecule has 2 aromatic rings. The first kappa shape index (κ1) is 18.0. The number of likely N-dealkylation sites (N-methyl/N-ethyl adjacent to an activating group) is 1. The molecule has 1 aromatic heterocycles. The molecule has 2 atom stereocenters. The molecule has 0 amide bonds. The zero-order chi connectivity index (χ0) is 18.3. The van der Waals surface area contributed by atoms with Gasteiger partial charge in [0.1, 0.15) is 0 Å². The molecule has 2 aliphatic rings. The van der Waals surface area contributed by atoms with Gasteiger partial charge in [-0.05, 0) is 57.0 Å². The Morgan fingerprint density at radius 3 is 2.81 bits per heavy atom. The second-order valence-electron chi connectivity index (χ2n) is 8.08. The van der Waals surface area contributed by atoms with Gasteiger partial charge in [-0.1, -0.05) is 25.5 Å². The monoisotopic (exact) mass is 355 g/mol. The fourth-order valence-corrected chi connectivity index (χ4v) is 5.12. The number of hydrogen-bond donors (Lipinski definition) is 1. The maximum Gasteiger partial charge on any atom is 0.0794 e. The minimum Gasteiger partial charge on any atom is -0.390 e. The molecule has 0 unspecified atom stereocenters. The van der Waals surface area contributed by atoms with Gasteiger partial charge in [-0.15, -0.1) is 0 Å². The topological polar surface area (TPSA) is 31.6 Å². The molecule has 1 aromatic carbocycles. The van der Waals surface area contributed by atoms with Crippen molar-refractivity contribution in [3.8, 4) is 0 Å². The van der Waals surface area contributed by atoms with E-state index in [0.717, 1.165) is 39.3 Å². The summed E-state index contributed by atoms with van der Waals surface area (Å²) in [5.74, 6) is 0. The summed E-state index contributed by atoms with van der Waals surface area (Å²) < 4.78 is 2.57. The number of nitrogens with zero attached hydrogens (tertiary/aromatic N) is 3. The van der Waals surface area contributed by atoms with Gasteiger partial charge in [-0.3, -0.25) is 4.90 Å². The lowest BCUT2D eigenvalue weighted by Crippen LogP contribution is -2.46. The molecule has 1 N–H and O–H groups in total. The maximum absolute atomic E-state index is 10.7. The van der Waals surface area contributed by atoms with Crippen LogP contribution in [0.5, 0.6) is 0 Å². The third-order valence-corrected chi connectivity index (χ3v) is 6.45. The number of β-amino-alcohol motifs (C(OH)–C–C–N with tert-alkyl or cyclic N) is 1. The van der Waals surface area contributed by atoms with Gasteiger partial charge in [0.05, 0.1) is 12.1 Å². The van der Waals surface area contributed by atoms with Crippen molar-refractivity contribution in [1.82, 2.24) is 14.4 Å². The first-order valence-corrected chi connectivity index (χ1v) is 10.4. The summed E-state index contributed by atoms with van der Waals surface area (Å²) in [4.78, 5) is 4.87. The third kappa shape index (κ3) is 3.08. The summed E-state index contributed by atoms with van der Waals surface area (Å²) in [6.07, 6.45) is 3.42. The first-order chi connectivity index (χ1) is 12.6. The second-order valence-corrected chi connectivity index (χ2v) is 8.08. The van der Waals surface area contributed by atoms with Crippen LogP contribution in [0.15, 0.2) is 18.2 Å². The SMILES string of the molecule is CCN(CC)C[C@@H](O)CN1CCn2c3c(c4cc(C)ccc42)CCC[C@H]31. The highest BCUT2D eigenvalue weighted by molar-refractivity contribution is 5.87. The summed E-state index contributed by atoms with van der Waals surface area (Å²) in [5.41, 5.74) is 5.88. The van der Waals surface area contributed by atoms with Crippen LogP contribution < -0.4 is 0 Å². The standard InChI is InChI=1S/C22H33N3O/c1-4-23(5-2)14-17(26)15-24-11-12-25-20-10-9-16(3)13-19(20)18-7-6-8-21(24)22(18)25/h9-10,13,17,21,26H,4-8,11-12,14-15H2,1-3H3/t17-,21-/m1/s1. The molecule has 1 aliphatic heterocycles. The highest BCUT2D eigenvalue weighted by atomic mass is 16.3. The van der Waals surface area contributed by atoms with E-state index in [9.17, 15) is 5.11 Å². The third-order valence-electron chi connectivity index (χ3n) is 6.45. The normalized spacial score (nSPS) is 21.3. The molecular formula is C22H33N3O. The molecule has 26 heavy (non-hydrogen) atoms. The minimum absolute atomic E-state index is 0.265.